The largest absolute Gasteiger partial charge is 0.344 e. The van der Waals surface area contributed by atoms with E-state index in [2.05, 4.69) is 36.5 Å². The zero-order chi connectivity index (χ0) is 10.5. The van der Waals surface area contributed by atoms with E-state index in [1.54, 1.807) is 11.1 Å². The van der Waals surface area contributed by atoms with Crippen molar-refractivity contribution in [3.8, 4) is 0 Å². The molecule has 1 heterocycles. The molecule has 90 valence electrons. The number of benzene rings is 1. The van der Waals surface area contributed by atoms with Gasteiger partial charge in [-0.05, 0) is 30.5 Å². The predicted molar refractivity (Wildman–Crippen MR) is 70.1 cm³/mol. The summed E-state index contributed by atoms with van der Waals surface area (Å²) in [5.74, 6) is 0. The topological polar surface area (TPSA) is 47.0 Å². The third-order valence-electron chi connectivity index (χ3n) is 3.31. The van der Waals surface area contributed by atoms with Crippen molar-refractivity contribution in [1.82, 2.24) is 11.5 Å². The van der Waals surface area contributed by atoms with Crippen LogP contribution >= 0.6 is 0 Å². The molecule has 1 aromatic carbocycles. The molecule has 1 atom stereocenters. The molecule has 0 radical (unpaired) electrons. The Morgan fingerprint density at radius 2 is 2.06 bits per heavy atom. The van der Waals surface area contributed by atoms with Gasteiger partial charge in [-0.25, -0.2) is 0 Å². The highest BCUT2D eigenvalue weighted by Crippen LogP contribution is 2.26. The molecule has 0 fully saturated rings. The van der Waals surface area contributed by atoms with Crippen LogP contribution in [0.5, 0.6) is 0 Å². The zero-order valence-electron chi connectivity index (χ0n) is 10.3. The van der Waals surface area contributed by atoms with Gasteiger partial charge in [0.1, 0.15) is 0 Å². The average molecular weight is 220 g/mol. The van der Waals surface area contributed by atoms with E-state index in [9.17, 15) is 0 Å². The van der Waals surface area contributed by atoms with Crippen LogP contribution in [0.25, 0.3) is 0 Å². The molecule has 0 saturated carbocycles. The first-order valence-corrected chi connectivity index (χ1v) is 6.23. The molecule has 2 nitrogen and oxygen atoms in total. The highest BCUT2D eigenvalue weighted by Gasteiger charge is 2.17. The van der Waals surface area contributed by atoms with E-state index in [-0.39, 0.29) is 6.15 Å². The fourth-order valence-corrected chi connectivity index (χ4v) is 2.45. The second-order valence-electron chi connectivity index (χ2n) is 4.45. The summed E-state index contributed by atoms with van der Waals surface area (Å²) < 4.78 is 0. The summed E-state index contributed by atoms with van der Waals surface area (Å²) in [5, 5.41) is 3.63. The minimum absolute atomic E-state index is 0. The van der Waals surface area contributed by atoms with E-state index >= 15 is 0 Å². The van der Waals surface area contributed by atoms with E-state index in [4.69, 9.17) is 0 Å². The number of nitrogens with one attached hydrogen (secondary N) is 1. The molecule has 1 aliphatic rings. The predicted octanol–water partition coefficient (Wildman–Crippen LogP) is 3.62. The Balaban J connectivity index is 0.00000128. The first kappa shape index (κ1) is 13.2. The first-order chi connectivity index (χ1) is 7.42. The Hall–Kier alpha value is -0.860. The van der Waals surface area contributed by atoms with Crippen molar-refractivity contribution in [1.29, 1.82) is 0 Å². The van der Waals surface area contributed by atoms with Gasteiger partial charge in [0.05, 0.1) is 0 Å². The van der Waals surface area contributed by atoms with Crippen LogP contribution in [0.3, 0.4) is 0 Å². The molecule has 0 amide bonds. The van der Waals surface area contributed by atoms with Crippen molar-refractivity contribution in [2.75, 3.05) is 6.54 Å². The minimum atomic E-state index is 0. The van der Waals surface area contributed by atoms with Crippen molar-refractivity contribution in [3.05, 3.63) is 35.4 Å². The van der Waals surface area contributed by atoms with Crippen molar-refractivity contribution >= 4 is 0 Å². The van der Waals surface area contributed by atoms with Gasteiger partial charge in [0.2, 0.25) is 0 Å². The molecule has 0 saturated heterocycles. The Kier molecular flexibility index (Phi) is 5.50. The molecule has 0 spiro atoms. The quantitative estimate of drug-likeness (QED) is 0.761. The Morgan fingerprint density at radius 3 is 2.88 bits per heavy atom. The molecule has 0 bridgehead atoms. The Bertz CT molecular complexity index is 309. The maximum atomic E-state index is 3.63. The van der Waals surface area contributed by atoms with Crippen LogP contribution < -0.4 is 11.5 Å². The summed E-state index contributed by atoms with van der Waals surface area (Å²) >= 11 is 0. The fraction of sp³-hybridized carbons (Fsp3) is 0.571. The van der Waals surface area contributed by atoms with Gasteiger partial charge in [0.25, 0.3) is 0 Å². The van der Waals surface area contributed by atoms with Crippen LogP contribution in [0.2, 0.25) is 0 Å². The van der Waals surface area contributed by atoms with Crippen LogP contribution in [-0.2, 0) is 6.42 Å². The molecule has 2 rings (SSSR count). The number of hydrogen-bond acceptors (Lipinski definition) is 2. The zero-order valence-corrected chi connectivity index (χ0v) is 10.3. The van der Waals surface area contributed by atoms with E-state index in [1.807, 2.05) is 0 Å². The van der Waals surface area contributed by atoms with Crippen molar-refractivity contribution in [3.63, 3.8) is 0 Å². The van der Waals surface area contributed by atoms with Gasteiger partial charge in [-0.2, -0.15) is 0 Å². The SMILES string of the molecule is CCCCCC1NCCc2ccccc21.N. The Morgan fingerprint density at radius 1 is 1.25 bits per heavy atom. The fourth-order valence-electron chi connectivity index (χ4n) is 2.45. The average Bonchev–Trinajstić information content (AvgIpc) is 2.30. The standard InChI is InChI=1S/C14H21N.H3N/c1-2-3-4-9-14-13-8-6-5-7-12(13)10-11-15-14;/h5-8,14-15H,2-4,9-11H2,1H3;1H3. The van der Waals surface area contributed by atoms with Crippen molar-refractivity contribution in [2.24, 2.45) is 0 Å². The second-order valence-corrected chi connectivity index (χ2v) is 4.45. The van der Waals surface area contributed by atoms with Crippen LogP contribution in [0.4, 0.5) is 0 Å². The van der Waals surface area contributed by atoms with E-state index in [1.165, 1.54) is 32.1 Å². The summed E-state index contributed by atoms with van der Waals surface area (Å²) in [6, 6.07) is 9.51. The van der Waals surface area contributed by atoms with E-state index < -0.39 is 0 Å². The number of fused-ring (bicyclic) bond motifs is 1. The molecule has 16 heavy (non-hydrogen) atoms. The highest BCUT2D eigenvalue weighted by atomic mass is 14.9. The highest BCUT2D eigenvalue weighted by molar-refractivity contribution is 5.32. The molecular formula is C14H24N2. The molecular weight excluding hydrogens is 196 g/mol. The molecule has 4 N–H and O–H groups in total. The summed E-state index contributed by atoms with van der Waals surface area (Å²) in [6.45, 7) is 3.41. The first-order valence-electron chi connectivity index (χ1n) is 6.23. The molecule has 1 aromatic rings. The maximum absolute atomic E-state index is 3.63. The van der Waals surface area contributed by atoms with Crippen LogP contribution in [0.15, 0.2) is 24.3 Å². The van der Waals surface area contributed by atoms with Gasteiger partial charge in [0, 0.05) is 6.04 Å². The van der Waals surface area contributed by atoms with Gasteiger partial charge in [-0.3, -0.25) is 0 Å². The lowest BCUT2D eigenvalue weighted by molar-refractivity contribution is 0.454. The Labute approximate surface area is 99.0 Å². The lowest BCUT2D eigenvalue weighted by Crippen LogP contribution is -2.29. The van der Waals surface area contributed by atoms with E-state index in [0.717, 1.165) is 6.54 Å². The monoisotopic (exact) mass is 220 g/mol. The number of unbranched alkanes of at least 4 members (excludes halogenated alkanes) is 2. The number of hydrogen-bond donors (Lipinski definition) is 2. The van der Waals surface area contributed by atoms with Gasteiger partial charge in [0.15, 0.2) is 0 Å². The smallest absolute Gasteiger partial charge is 0.0323 e. The van der Waals surface area contributed by atoms with Crippen molar-refractivity contribution < 1.29 is 0 Å². The van der Waals surface area contributed by atoms with E-state index in [0.29, 0.717) is 6.04 Å². The van der Waals surface area contributed by atoms with Gasteiger partial charge >= 0.3 is 0 Å². The van der Waals surface area contributed by atoms with Crippen LogP contribution in [-0.4, -0.2) is 6.54 Å². The molecule has 0 aliphatic carbocycles. The minimum Gasteiger partial charge on any atom is -0.344 e. The lowest BCUT2D eigenvalue weighted by atomic mass is 9.91. The summed E-state index contributed by atoms with van der Waals surface area (Å²) in [6.07, 6.45) is 6.52. The van der Waals surface area contributed by atoms with Crippen LogP contribution in [0, 0.1) is 0 Å². The summed E-state index contributed by atoms with van der Waals surface area (Å²) in [5.41, 5.74) is 3.10. The number of rotatable bonds is 4. The molecule has 1 unspecified atom stereocenters. The van der Waals surface area contributed by atoms with Crippen LogP contribution in [0.1, 0.15) is 49.8 Å². The second kappa shape index (κ2) is 6.66. The van der Waals surface area contributed by atoms with Gasteiger partial charge in [-0.1, -0.05) is 50.5 Å². The normalized spacial score (nSPS) is 18.7. The van der Waals surface area contributed by atoms with Gasteiger partial charge in [-0.15, -0.1) is 0 Å². The van der Waals surface area contributed by atoms with Crippen molar-refractivity contribution in [2.45, 2.75) is 45.1 Å². The lowest BCUT2D eigenvalue weighted by Gasteiger charge is -2.26. The summed E-state index contributed by atoms with van der Waals surface area (Å²) in [4.78, 5) is 0. The third kappa shape index (κ3) is 3.06. The molecule has 2 heteroatoms. The third-order valence-corrected chi connectivity index (χ3v) is 3.31. The van der Waals surface area contributed by atoms with Gasteiger partial charge < -0.3 is 11.5 Å². The maximum Gasteiger partial charge on any atom is 0.0323 e. The molecule has 1 aliphatic heterocycles. The molecule has 0 aromatic heterocycles. The summed E-state index contributed by atoms with van der Waals surface area (Å²) in [7, 11) is 0.